The van der Waals surface area contributed by atoms with E-state index in [-0.39, 0.29) is 22.9 Å². The van der Waals surface area contributed by atoms with Gasteiger partial charge in [0, 0.05) is 21.9 Å². The maximum absolute atomic E-state index is 12.2. The fourth-order valence-electron chi connectivity index (χ4n) is 1.87. The van der Waals surface area contributed by atoms with E-state index in [4.69, 9.17) is 11.6 Å². The van der Waals surface area contributed by atoms with Gasteiger partial charge in [-0.1, -0.05) is 11.6 Å². The van der Waals surface area contributed by atoms with Gasteiger partial charge in [-0.2, -0.15) is 0 Å². The third kappa shape index (κ3) is 4.95. The number of nitrogens with one attached hydrogen (secondary N) is 1. The van der Waals surface area contributed by atoms with Crippen LogP contribution in [0.1, 0.15) is 24.8 Å². The van der Waals surface area contributed by atoms with Crippen LogP contribution in [0.25, 0.3) is 0 Å². The maximum Gasteiger partial charge on any atom is 0.269 e. The highest BCUT2D eigenvalue weighted by Crippen LogP contribution is 2.28. The molecule has 1 aromatic heterocycles. The Balaban J connectivity index is 1.93. The van der Waals surface area contributed by atoms with Crippen LogP contribution in [0.4, 0.5) is 5.69 Å². The van der Waals surface area contributed by atoms with Crippen molar-refractivity contribution in [3.05, 3.63) is 55.7 Å². The van der Waals surface area contributed by atoms with Crippen LogP contribution in [-0.4, -0.2) is 16.1 Å². The molecule has 0 saturated heterocycles. The molecule has 5 nitrogen and oxygen atoms in total. The lowest BCUT2D eigenvalue weighted by Crippen LogP contribution is -2.32. The number of carbonyl (C=O) groups excluding carboxylic acids is 1. The van der Waals surface area contributed by atoms with Crippen molar-refractivity contribution in [1.29, 1.82) is 0 Å². The first-order valence-electron chi connectivity index (χ1n) is 6.83. The van der Waals surface area contributed by atoms with E-state index in [0.717, 1.165) is 9.77 Å². The summed E-state index contributed by atoms with van der Waals surface area (Å²) in [7, 11) is 0. The smallest absolute Gasteiger partial charge is 0.269 e. The predicted molar refractivity (Wildman–Crippen MR) is 94.3 cm³/mol. The summed E-state index contributed by atoms with van der Waals surface area (Å²) >= 11 is 8.69. The van der Waals surface area contributed by atoms with Crippen LogP contribution in [0.2, 0.25) is 4.34 Å². The van der Waals surface area contributed by atoms with E-state index in [1.165, 1.54) is 35.2 Å². The van der Waals surface area contributed by atoms with E-state index in [0.29, 0.717) is 4.34 Å². The molecule has 0 aliphatic heterocycles. The number of thiophene rings is 1. The quantitative estimate of drug-likeness (QED) is 0.455. The maximum atomic E-state index is 12.2. The lowest BCUT2D eigenvalue weighted by atomic mass is 10.2. The molecule has 0 saturated carbocycles. The Bertz CT molecular complexity index is 703. The number of hydrogen-bond acceptors (Lipinski definition) is 5. The third-order valence-corrected chi connectivity index (χ3v) is 5.63. The van der Waals surface area contributed by atoms with Gasteiger partial charge in [-0.15, -0.1) is 23.1 Å². The van der Waals surface area contributed by atoms with Gasteiger partial charge in [-0.05, 0) is 38.1 Å². The summed E-state index contributed by atoms with van der Waals surface area (Å²) in [5, 5.41) is 13.3. The molecule has 1 heterocycles. The molecule has 122 valence electrons. The van der Waals surface area contributed by atoms with E-state index in [2.05, 4.69) is 5.32 Å². The number of non-ortho nitro benzene ring substituents is 1. The van der Waals surface area contributed by atoms with Crippen LogP contribution in [0.15, 0.2) is 41.3 Å². The van der Waals surface area contributed by atoms with Gasteiger partial charge in [-0.25, -0.2) is 0 Å². The molecule has 2 atom stereocenters. The van der Waals surface area contributed by atoms with Crippen molar-refractivity contribution in [1.82, 2.24) is 5.32 Å². The zero-order valence-corrected chi connectivity index (χ0v) is 14.9. The highest BCUT2D eigenvalue weighted by Gasteiger charge is 2.18. The van der Waals surface area contributed by atoms with Gasteiger partial charge < -0.3 is 5.32 Å². The van der Waals surface area contributed by atoms with Crippen molar-refractivity contribution < 1.29 is 9.72 Å². The average molecular weight is 371 g/mol. The Kier molecular flexibility index (Phi) is 6.04. The zero-order chi connectivity index (χ0) is 17.0. The predicted octanol–water partition coefficient (Wildman–Crippen LogP) is 4.67. The minimum absolute atomic E-state index is 0.0367. The number of thioether (sulfide) groups is 1. The van der Waals surface area contributed by atoms with Gasteiger partial charge in [0.05, 0.1) is 20.6 Å². The normalized spacial score (nSPS) is 13.3. The number of carbonyl (C=O) groups is 1. The second-order valence-electron chi connectivity index (χ2n) is 4.88. The summed E-state index contributed by atoms with van der Waals surface area (Å²) in [6, 6.07) is 9.75. The number of rotatable bonds is 6. The second kappa shape index (κ2) is 7.81. The minimum Gasteiger partial charge on any atom is -0.348 e. The molecule has 0 radical (unpaired) electrons. The Hall–Kier alpha value is -1.57. The molecule has 0 bridgehead atoms. The molecule has 2 aromatic rings. The van der Waals surface area contributed by atoms with Crippen molar-refractivity contribution in [3.8, 4) is 0 Å². The van der Waals surface area contributed by atoms with Crippen LogP contribution in [-0.2, 0) is 4.79 Å². The van der Waals surface area contributed by atoms with E-state index in [9.17, 15) is 14.9 Å². The van der Waals surface area contributed by atoms with Crippen LogP contribution in [0.3, 0.4) is 0 Å². The van der Waals surface area contributed by atoms with E-state index in [1.54, 1.807) is 25.1 Å². The topological polar surface area (TPSA) is 72.2 Å². The summed E-state index contributed by atoms with van der Waals surface area (Å²) in [5.41, 5.74) is 0.0367. The molecule has 23 heavy (non-hydrogen) atoms. The number of hydrogen-bond donors (Lipinski definition) is 1. The number of nitrogens with zero attached hydrogens (tertiary/aromatic N) is 1. The van der Waals surface area contributed by atoms with E-state index in [1.807, 2.05) is 13.0 Å². The highest BCUT2D eigenvalue weighted by molar-refractivity contribution is 8.00. The lowest BCUT2D eigenvalue weighted by molar-refractivity contribution is -0.384. The molecule has 8 heteroatoms. The molecule has 0 fully saturated rings. The molecule has 1 amide bonds. The van der Waals surface area contributed by atoms with Crippen molar-refractivity contribution in [2.75, 3.05) is 0 Å². The van der Waals surface area contributed by atoms with Crippen LogP contribution < -0.4 is 5.32 Å². The van der Waals surface area contributed by atoms with E-state index >= 15 is 0 Å². The van der Waals surface area contributed by atoms with Gasteiger partial charge >= 0.3 is 0 Å². The van der Waals surface area contributed by atoms with Crippen molar-refractivity contribution in [3.63, 3.8) is 0 Å². The largest absolute Gasteiger partial charge is 0.348 e. The average Bonchev–Trinajstić information content (AvgIpc) is 2.94. The molecule has 0 aliphatic carbocycles. The summed E-state index contributed by atoms with van der Waals surface area (Å²) in [4.78, 5) is 24.2. The molecule has 1 N–H and O–H groups in total. The molecule has 0 spiro atoms. The lowest BCUT2D eigenvalue weighted by Gasteiger charge is -2.16. The zero-order valence-electron chi connectivity index (χ0n) is 12.5. The van der Waals surface area contributed by atoms with Gasteiger partial charge in [-0.3, -0.25) is 14.9 Å². The monoisotopic (exact) mass is 370 g/mol. The SMILES string of the molecule is CC(Sc1ccc([N+](=O)[O-])cc1)C(=O)NC(C)c1ccc(Cl)s1. The van der Waals surface area contributed by atoms with Crippen LogP contribution in [0, 0.1) is 10.1 Å². The molecular formula is C15H15ClN2O3S2. The summed E-state index contributed by atoms with van der Waals surface area (Å²) in [5.74, 6) is -0.0922. The number of nitro benzene ring substituents is 1. The number of nitro groups is 1. The number of halogens is 1. The fraction of sp³-hybridized carbons (Fsp3) is 0.267. The Labute approximate surface area is 147 Å². The van der Waals surface area contributed by atoms with Crippen molar-refractivity contribution in [2.24, 2.45) is 0 Å². The second-order valence-corrected chi connectivity index (χ2v) is 8.04. The van der Waals surface area contributed by atoms with E-state index < -0.39 is 4.92 Å². The Morgan fingerprint density at radius 1 is 1.26 bits per heavy atom. The molecule has 0 aliphatic rings. The fourth-order valence-corrected chi connectivity index (χ4v) is 3.81. The third-order valence-electron chi connectivity index (χ3n) is 3.11. The minimum atomic E-state index is -0.446. The van der Waals surface area contributed by atoms with Crippen LogP contribution >= 0.6 is 34.7 Å². The number of benzene rings is 1. The molecular weight excluding hydrogens is 356 g/mol. The Morgan fingerprint density at radius 2 is 1.91 bits per heavy atom. The molecule has 2 rings (SSSR count). The number of amides is 1. The van der Waals surface area contributed by atoms with Gasteiger partial charge in [0.15, 0.2) is 0 Å². The first-order chi connectivity index (χ1) is 10.9. The summed E-state index contributed by atoms with van der Waals surface area (Å²) in [6.45, 7) is 3.71. The summed E-state index contributed by atoms with van der Waals surface area (Å²) < 4.78 is 0.689. The standard InChI is InChI=1S/C15H15ClN2O3S2/c1-9(13-7-8-14(16)23-13)17-15(19)10(2)22-12-5-3-11(4-6-12)18(20)21/h3-10H,1-2H3,(H,17,19). The van der Waals surface area contributed by atoms with Crippen LogP contribution in [0.5, 0.6) is 0 Å². The summed E-state index contributed by atoms with van der Waals surface area (Å²) in [6.07, 6.45) is 0. The van der Waals surface area contributed by atoms with Crippen molar-refractivity contribution in [2.45, 2.75) is 30.0 Å². The van der Waals surface area contributed by atoms with Crippen molar-refractivity contribution >= 4 is 46.3 Å². The first kappa shape index (κ1) is 17.8. The molecule has 1 aromatic carbocycles. The van der Waals surface area contributed by atoms with Gasteiger partial charge in [0.1, 0.15) is 0 Å². The highest BCUT2D eigenvalue weighted by atomic mass is 35.5. The molecule has 2 unspecified atom stereocenters. The van der Waals surface area contributed by atoms with Gasteiger partial charge in [0.2, 0.25) is 5.91 Å². The Morgan fingerprint density at radius 3 is 2.43 bits per heavy atom. The van der Waals surface area contributed by atoms with Gasteiger partial charge in [0.25, 0.3) is 5.69 Å². The first-order valence-corrected chi connectivity index (χ1v) is 8.91.